The highest BCUT2D eigenvalue weighted by atomic mass is 16.5. The van der Waals surface area contributed by atoms with Crippen LogP contribution in [0.15, 0.2) is 18.3 Å². The summed E-state index contributed by atoms with van der Waals surface area (Å²) in [6.45, 7) is 2.40. The molecule has 18 heavy (non-hydrogen) atoms. The second-order valence-electron chi connectivity index (χ2n) is 3.31. The Labute approximate surface area is 103 Å². The molecule has 0 aliphatic rings. The number of amides is 1. The maximum atomic E-state index is 11.7. The quantitative estimate of drug-likeness (QED) is 0.722. The number of rotatable bonds is 4. The van der Waals surface area contributed by atoms with Gasteiger partial charge in [-0.15, -0.1) is 5.10 Å². The molecule has 94 valence electrons. The SMILES string of the molecule is CCOc1ccc(NC(=O)c2nc(N)n[nH]2)cn1. The molecule has 0 radical (unpaired) electrons. The van der Waals surface area contributed by atoms with E-state index in [4.69, 9.17) is 10.5 Å². The van der Waals surface area contributed by atoms with Crippen LogP contribution in [-0.4, -0.2) is 32.7 Å². The number of nitrogen functional groups attached to an aromatic ring is 1. The average molecular weight is 248 g/mol. The number of hydrogen-bond donors (Lipinski definition) is 3. The molecule has 0 fully saturated rings. The van der Waals surface area contributed by atoms with Gasteiger partial charge in [-0.2, -0.15) is 4.98 Å². The van der Waals surface area contributed by atoms with Gasteiger partial charge in [-0.1, -0.05) is 0 Å². The second kappa shape index (κ2) is 5.13. The summed E-state index contributed by atoms with van der Waals surface area (Å²) in [7, 11) is 0. The molecule has 0 spiro atoms. The van der Waals surface area contributed by atoms with Gasteiger partial charge < -0.3 is 15.8 Å². The van der Waals surface area contributed by atoms with Crippen LogP contribution in [0.4, 0.5) is 11.6 Å². The van der Waals surface area contributed by atoms with E-state index < -0.39 is 5.91 Å². The van der Waals surface area contributed by atoms with Crippen molar-refractivity contribution in [1.82, 2.24) is 20.2 Å². The van der Waals surface area contributed by atoms with Crippen molar-refractivity contribution >= 4 is 17.5 Å². The van der Waals surface area contributed by atoms with Gasteiger partial charge >= 0.3 is 0 Å². The Morgan fingerprint density at radius 2 is 2.39 bits per heavy atom. The Morgan fingerprint density at radius 3 is 2.94 bits per heavy atom. The van der Waals surface area contributed by atoms with Gasteiger partial charge in [0.1, 0.15) is 0 Å². The minimum atomic E-state index is -0.440. The van der Waals surface area contributed by atoms with Gasteiger partial charge in [0.25, 0.3) is 5.91 Å². The molecule has 0 unspecified atom stereocenters. The number of anilines is 2. The lowest BCUT2D eigenvalue weighted by Gasteiger charge is -2.04. The van der Waals surface area contributed by atoms with Crippen LogP contribution in [0, 0.1) is 0 Å². The van der Waals surface area contributed by atoms with Crippen LogP contribution in [0.1, 0.15) is 17.5 Å². The number of nitrogens with two attached hydrogens (primary N) is 1. The van der Waals surface area contributed by atoms with Crippen molar-refractivity contribution in [3.05, 3.63) is 24.2 Å². The van der Waals surface area contributed by atoms with Crippen molar-refractivity contribution in [1.29, 1.82) is 0 Å². The van der Waals surface area contributed by atoms with Crippen LogP contribution in [0.5, 0.6) is 5.88 Å². The first-order valence-corrected chi connectivity index (χ1v) is 5.27. The van der Waals surface area contributed by atoms with Crippen molar-refractivity contribution in [2.45, 2.75) is 6.92 Å². The first-order valence-electron chi connectivity index (χ1n) is 5.27. The fourth-order valence-electron chi connectivity index (χ4n) is 1.25. The third-order valence-electron chi connectivity index (χ3n) is 2.00. The highest BCUT2D eigenvalue weighted by Crippen LogP contribution is 2.12. The molecule has 0 aliphatic carbocycles. The topological polar surface area (TPSA) is 119 Å². The van der Waals surface area contributed by atoms with E-state index in [2.05, 4.69) is 25.5 Å². The van der Waals surface area contributed by atoms with Crippen LogP contribution in [-0.2, 0) is 0 Å². The molecule has 8 nitrogen and oxygen atoms in total. The van der Waals surface area contributed by atoms with Gasteiger partial charge in [0, 0.05) is 6.07 Å². The Kier molecular flexibility index (Phi) is 3.37. The van der Waals surface area contributed by atoms with Gasteiger partial charge in [0.15, 0.2) is 0 Å². The Balaban J connectivity index is 2.03. The molecule has 2 heterocycles. The lowest BCUT2D eigenvalue weighted by Crippen LogP contribution is -2.14. The first-order chi connectivity index (χ1) is 8.69. The highest BCUT2D eigenvalue weighted by molar-refractivity contribution is 6.01. The van der Waals surface area contributed by atoms with Gasteiger partial charge in [0.2, 0.25) is 17.7 Å². The monoisotopic (exact) mass is 248 g/mol. The van der Waals surface area contributed by atoms with Crippen LogP contribution < -0.4 is 15.8 Å². The third kappa shape index (κ3) is 2.73. The zero-order valence-corrected chi connectivity index (χ0v) is 9.67. The van der Waals surface area contributed by atoms with Gasteiger partial charge in [-0.3, -0.25) is 9.89 Å². The van der Waals surface area contributed by atoms with Crippen molar-refractivity contribution in [3.63, 3.8) is 0 Å². The number of carbonyl (C=O) groups is 1. The summed E-state index contributed by atoms with van der Waals surface area (Å²) in [5.74, 6) is 0.121. The Hall–Kier alpha value is -2.64. The molecule has 8 heteroatoms. The fraction of sp³-hybridized carbons (Fsp3) is 0.200. The van der Waals surface area contributed by atoms with Gasteiger partial charge in [-0.05, 0) is 13.0 Å². The summed E-state index contributed by atoms with van der Waals surface area (Å²) in [6.07, 6.45) is 1.49. The van der Waals surface area contributed by atoms with Gasteiger partial charge in [-0.25, -0.2) is 4.98 Å². The number of nitrogens with zero attached hydrogens (tertiary/aromatic N) is 3. The molecule has 2 rings (SSSR count). The number of carbonyl (C=O) groups excluding carboxylic acids is 1. The van der Waals surface area contributed by atoms with E-state index in [1.165, 1.54) is 6.20 Å². The molecule has 1 amide bonds. The molecule has 0 bridgehead atoms. The minimum absolute atomic E-state index is 0.0185. The van der Waals surface area contributed by atoms with Crippen molar-refractivity contribution in [2.24, 2.45) is 0 Å². The van der Waals surface area contributed by atoms with E-state index in [1.54, 1.807) is 12.1 Å². The Morgan fingerprint density at radius 1 is 1.56 bits per heavy atom. The molecule has 2 aromatic heterocycles. The van der Waals surface area contributed by atoms with E-state index in [0.717, 1.165) is 0 Å². The van der Waals surface area contributed by atoms with E-state index in [9.17, 15) is 4.79 Å². The van der Waals surface area contributed by atoms with E-state index in [0.29, 0.717) is 18.2 Å². The molecule has 0 saturated carbocycles. The summed E-state index contributed by atoms with van der Waals surface area (Å²) in [4.78, 5) is 19.4. The largest absolute Gasteiger partial charge is 0.478 e. The number of nitrogens with one attached hydrogen (secondary N) is 2. The molecule has 2 aromatic rings. The van der Waals surface area contributed by atoms with Crippen LogP contribution in [0.25, 0.3) is 0 Å². The number of ether oxygens (including phenoxy) is 1. The molecular weight excluding hydrogens is 236 g/mol. The lowest BCUT2D eigenvalue weighted by atomic mass is 10.4. The first kappa shape index (κ1) is 11.8. The summed E-state index contributed by atoms with van der Waals surface area (Å²) in [6, 6.07) is 3.34. The Bertz CT molecular complexity index is 536. The fourth-order valence-corrected chi connectivity index (χ4v) is 1.25. The van der Waals surface area contributed by atoms with E-state index in [-0.39, 0.29) is 11.8 Å². The molecule has 4 N–H and O–H groups in total. The highest BCUT2D eigenvalue weighted by Gasteiger charge is 2.10. The molecule has 0 saturated heterocycles. The minimum Gasteiger partial charge on any atom is -0.478 e. The summed E-state index contributed by atoms with van der Waals surface area (Å²) in [5.41, 5.74) is 5.83. The van der Waals surface area contributed by atoms with E-state index in [1.807, 2.05) is 6.92 Å². The van der Waals surface area contributed by atoms with Crippen LogP contribution in [0.2, 0.25) is 0 Å². The van der Waals surface area contributed by atoms with Crippen LogP contribution >= 0.6 is 0 Å². The van der Waals surface area contributed by atoms with Crippen molar-refractivity contribution < 1.29 is 9.53 Å². The summed E-state index contributed by atoms with van der Waals surface area (Å²) in [5, 5.41) is 8.57. The smallest absolute Gasteiger partial charge is 0.293 e. The second-order valence-corrected chi connectivity index (χ2v) is 3.31. The zero-order valence-electron chi connectivity index (χ0n) is 9.67. The molecule has 0 atom stereocenters. The average Bonchev–Trinajstić information content (AvgIpc) is 2.79. The third-order valence-corrected chi connectivity index (χ3v) is 2.00. The lowest BCUT2D eigenvalue weighted by molar-refractivity contribution is 0.101. The van der Waals surface area contributed by atoms with Crippen LogP contribution in [0.3, 0.4) is 0 Å². The predicted molar refractivity (Wildman–Crippen MR) is 64.2 cm³/mol. The maximum absolute atomic E-state index is 11.7. The number of aromatic amines is 1. The maximum Gasteiger partial charge on any atom is 0.293 e. The van der Waals surface area contributed by atoms with E-state index >= 15 is 0 Å². The van der Waals surface area contributed by atoms with Gasteiger partial charge in [0.05, 0.1) is 18.5 Å². The molecule has 0 aliphatic heterocycles. The number of hydrogen-bond acceptors (Lipinski definition) is 6. The zero-order chi connectivity index (χ0) is 13.0. The predicted octanol–water partition coefficient (Wildman–Crippen LogP) is 0.433. The number of pyridine rings is 1. The number of H-pyrrole nitrogens is 1. The van der Waals surface area contributed by atoms with Crippen molar-refractivity contribution in [3.8, 4) is 5.88 Å². The van der Waals surface area contributed by atoms with Crippen molar-refractivity contribution in [2.75, 3.05) is 17.7 Å². The molecule has 0 aromatic carbocycles. The number of aromatic nitrogens is 4. The standard InChI is InChI=1S/C10H12N6O2/c1-2-18-7-4-3-6(5-12-7)13-9(17)8-14-10(11)16-15-8/h3-5H,2H2,1H3,(H,13,17)(H3,11,14,15,16). The summed E-state index contributed by atoms with van der Waals surface area (Å²) >= 11 is 0. The molecular formula is C10H12N6O2. The normalized spacial score (nSPS) is 10.1. The summed E-state index contributed by atoms with van der Waals surface area (Å²) < 4.78 is 5.18.